The maximum Gasteiger partial charge on any atom is 0.307 e. The topological polar surface area (TPSA) is 83.5 Å². The first-order valence-electron chi connectivity index (χ1n) is 11.2. The maximum absolute atomic E-state index is 13.1. The molecule has 0 atom stereocenters. The largest absolute Gasteiger partial charge is 0.481 e. The average molecular weight is 482 g/mol. The highest BCUT2D eigenvalue weighted by Crippen LogP contribution is 2.44. The monoisotopic (exact) mass is 481 g/mol. The molecule has 0 unspecified atom stereocenters. The summed E-state index contributed by atoms with van der Waals surface area (Å²) >= 11 is 0. The Hall–Kier alpha value is -4.16. The van der Waals surface area contributed by atoms with Crippen molar-refractivity contribution in [3.05, 3.63) is 113 Å². The summed E-state index contributed by atoms with van der Waals surface area (Å²) in [5.74, 6) is -0.937. The number of carboxylic acids is 1. The second-order valence-corrected chi connectivity index (χ2v) is 10.2. The predicted octanol–water partition coefficient (Wildman–Crippen LogP) is 6.44. The number of nitrogens with one attached hydrogen (secondary N) is 1. The first kappa shape index (κ1) is 22.6. The highest BCUT2D eigenvalue weighted by atomic mass is 32.2. The molecule has 0 bridgehead atoms. The van der Waals surface area contributed by atoms with E-state index in [4.69, 9.17) is 0 Å². The van der Waals surface area contributed by atoms with Crippen LogP contribution in [0.5, 0.6) is 0 Å². The number of fused-ring (bicyclic) bond motifs is 2. The number of hydrogen-bond acceptors (Lipinski definition) is 3. The van der Waals surface area contributed by atoms with Crippen LogP contribution < -0.4 is 4.72 Å². The number of rotatable bonds is 6. The summed E-state index contributed by atoms with van der Waals surface area (Å²) in [4.78, 5) is 11.8. The molecule has 0 radical (unpaired) electrons. The van der Waals surface area contributed by atoms with Crippen molar-refractivity contribution in [3.63, 3.8) is 0 Å². The molecule has 0 aliphatic heterocycles. The Balaban J connectivity index is 1.54. The van der Waals surface area contributed by atoms with E-state index in [1.165, 1.54) is 0 Å². The third-order valence-corrected chi connectivity index (χ3v) is 7.59. The lowest BCUT2D eigenvalue weighted by atomic mass is 10.0. The van der Waals surface area contributed by atoms with Crippen molar-refractivity contribution in [2.75, 3.05) is 4.72 Å². The Kier molecular flexibility index (Phi) is 5.75. The second kappa shape index (κ2) is 8.89. The van der Waals surface area contributed by atoms with Gasteiger partial charge in [-0.3, -0.25) is 9.52 Å². The van der Waals surface area contributed by atoms with Gasteiger partial charge >= 0.3 is 5.97 Å². The van der Waals surface area contributed by atoms with Gasteiger partial charge in [-0.15, -0.1) is 0 Å². The molecular formula is C29H23NO4S. The number of hydrogen-bond donors (Lipinski definition) is 2. The minimum atomic E-state index is -3.84. The molecule has 5 rings (SSSR count). The Morgan fingerprint density at radius 3 is 2.31 bits per heavy atom. The fraction of sp³-hybridized carbons (Fsp3) is 0.0690. The van der Waals surface area contributed by atoms with Crippen LogP contribution in [0.1, 0.15) is 30.0 Å². The van der Waals surface area contributed by atoms with Crippen LogP contribution in [0.25, 0.3) is 28.0 Å². The Bertz CT molecular complexity index is 1630. The molecule has 1 aliphatic carbocycles. The molecule has 2 N–H and O–H groups in total. The molecule has 0 fully saturated rings. The third kappa shape index (κ3) is 4.48. The van der Waals surface area contributed by atoms with E-state index in [0.29, 0.717) is 11.3 Å². The van der Waals surface area contributed by atoms with E-state index in [-0.39, 0.29) is 11.3 Å². The van der Waals surface area contributed by atoms with Crippen LogP contribution in [-0.2, 0) is 14.8 Å². The number of carbonyl (C=O) groups is 1. The summed E-state index contributed by atoms with van der Waals surface area (Å²) in [5, 5.41) is 11.3. The quantitative estimate of drug-likeness (QED) is 0.332. The molecule has 35 heavy (non-hydrogen) atoms. The van der Waals surface area contributed by atoms with Crippen LogP contribution in [0.2, 0.25) is 0 Å². The van der Waals surface area contributed by atoms with E-state index in [1.807, 2.05) is 73.7 Å². The van der Waals surface area contributed by atoms with Crippen molar-refractivity contribution in [2.24, 2.45) is 0 Å². The fourth-order valence-electron chi connectivity index (χ4n) is 4.49. The van der Waals surface area contributed by atoms with Gasteiger partial charge in [-0.1, -0.05) is 66.7 Å². The Morgan fingerprint density at radius 1 is 0.857 bits per heavy atom. The molecule has 6 heteroatoms. The molecule has 4 aromatic rings. The van der Waals surface area contributed by atoms with Gasteiger partial charge in [0, 0.05) is 5.69 Å². The van der Waals surface area contributed by atoms with Crippen molar-refractivity contribution in [1.29, 1.82) is 0 Å². The zero-order chi connectivity index (χ0) is 24.6. The Labute approximate surface area is 204 Å². The van der Waals surface area contributed by atoms with Crippen LogP contribution >= 0.6 is 0 Å². The fourth-order valence-corrected chi connectivity index (χ4v) is 5.57. The number of allylic oxidation sites excluding steroid dienone is 2. The lowest BCUT2D eigenvalue weighted by Crippen LogP contribution is -2.13. The summed E-state index contributed by atoms with van der Waals surface area (Å²) in [7, 11) is -3.84. The molecule has 0 spiro atoms. The van der Waals surface area contributed by atoms with E-state index in [9.17, 15) is 18.3 Å². The number of aliphatic carboxylic acids is 1. The van der Waals surface area contributed by atoms with E-state index in [0.717, 1.165) is 38.6 Å². The minimum absolute atomic E-state index is 0.147. The van der Waals surface area contributed by atoms with Crippen molar-refractivity contribution < 1.29 is 18.3 Å². The molecule has 0 amide bonds. The zero-order valence-electron chi connectivity index (χ0n) is 19.0. The van der Waals surface area contributed by atoms with Crippen LogP contribution in [0.4, 0.5) is 5.69 Å². The van der Waals surface area contributed by atoms with Gasteiger partial charge in [-0.25, -0.2) is 8.42 Å². The number of benzene rings is 4. The van der Waals surface area contributed by atoms with E-state index >= 15 is 0 Å². The highest BCUT2D eigenvalue weighted by molar-refractivity contribution is 7.92. The first-order chi connectivity index (χ1) is 16.8. The Morgan fingerprint density at radius 2 is 1.57 bits per heavy atom. The molecule has 5 nitrogen and oxygen atoms in total. The van der Waals surface area contributed by atoms with Crippen molar-refractivity contribution in [1.82, 2.24) is 0 Å². The van der Waals surface area contributed by atoms with Gasteiger partial charge in [0.15, 0.2) is 0 Å². The van der Waals surface area contributed by atoms with Gasteiger partial charge in [-0.2, -0.15) is 0 Å². The molecule has 174 valence electrons. The van der Waals surface area contributed by atoms with Crippen LogP contribution in [0.3, 0.4) is 0 Å². The van der Waals surface area contributed by atoms with E-state index in [1.54, 1.807) is 30.3 Å². The predicted molar refractivity (Wildman–Crippen MR) is 140 cm³/mol. The van der Waals surface area contributed by atoms with Crippen molar-refractivity contribution in [3.8, 4) is 0 Å². The maximum atomic E-state index is 13.1. The molecular weight excluding hydrogens is 458 g/mol. The SMILES string of the molecule is CC1=C(CC(=O)O)c2cc(NS(=O)(=O)c3ccc4ccccc4c3)ccc2/C1=C/c1ccccc1. The lowest BCUT2D eigenvalue weighted by molar-refractivity contribution is -0.135. The van der Waals surface area contributed by atoms with Gasteiger partial charge in [0.05, 0.1) is 11.3 Å². The molecule has 1 aliphatic rings. The van der Waals surface area contributed by atoms with Crippen LogP contribution in [-0.4, -0.2) is 19.5 Å². The molecule has 0 saturated carbocycles. The van der Waals surface area contributed by atoms with E-state index < -0.39 is 16.0 Å². The van der Waals surface area contributed by atoms with Gasteiger partial charge < -0.3 is 5.11 Å². The number of anilines is 1. The molecule has 0 saturated heterocycles. The summed E-state index contributed by atoms with van der Waals surface area (Å²) < 4.78 is 29.0. The minimum Gasteiger partial charge on any atom is -0.481 e. The highest BCUT2D eigenvalue weighted by Gasteiger charge is 2.26. The van der Waals surface area contributed by atoms with Crippen LogP contribution in [0.15, 0.2) is 101 Å². The number of sulfonamides is 1. The summed E-state index contributed by atoms with van der Waals surface area (Å²) in [6.07, 6.45) is 1.88. The molecule has 0 aromatic heterocycles. The molecule has 4 aromatic carbocycles. The first-order valence-corrected chi connectivity index (χ1v) is 12.7. The van der Waals surface area contributed by atoms with E-state index in [2.05, 4.69) is 4.72 Å². The smallest absolute Gasteiger partial charge is 0.307 e. The van der Waals surface area contributed by atoms with Crippen LogP contribution in [0, 0.1) is 0 Å². The van der Waals surface area contributed by atoms with Gasteiger partial charge in [0.1, 0.15) is 0 Å². The van der Waals surface area contributed by atoms with Gasteiger partial charge in [-0.05, 0) is 81.4 Å². The molecule has 0 heterocycles. The average Bonchev–Trinajstić information content (AvgIpc) is 3.09. The third-order valence-electron chi connectivity index (χ3n) is 6.21. The van der Waals surface area contributed by atoms with Crippen molar-refractivity contribution in [2.45, 2.75) is 18.2 Å². The van der Waals surface area contributed by atoms with Gasteiger partial charge in [0.25, 0.3) is 10.0 Å². The normalized spacial score (nSPS) is 14.4. The van der Waals surface area contributed by atoms with Crippen molar-refractivity contribution >= 4 is 49.7 Å². The zero-order valence-corrected chi connectivity index (χ0v) is 19.8. The summed E-state index contributed by atoms with van der Waals surface area (Å²) in [5.41, 5.74) is 5.50. The lowest BCUT2D eigenvalue weighted by Gasteiger charge is -2.12. The second-order valence-electron chi connectivity index (χ2n) is 8.52. The standard InChI is InChI=1S/C29H23NO4S/c1-19-26(15-20-7-3-2-4-8-20)25-14-12-23(17-28(25)27(19)18-29(31)32)30-35(33,34)24-13-11-21-9-5-6-10-22(21)16-24/h2-17,30H,18H2,1H3,(H,31,32)/b26-15+. The summed E-state index contributed by atoms with van der Waals surface area (Å²) in [6.45, 7) is 1.91. The van der Waals surface area contributed by atoms with Gasteiger partial charge in [0.2, 0.25) is 0 Å². The number of carboxylic acid groups (broad SMARTS) is 1. The summed E-state index contributed by atoms with van der Waals surface area (Å²) in [6, 6.07) is 27.7.